The average Bonchev–Trinajstić information content (AvgIpc) is 2.81. The summed E-state index contributed by atoms with van der Waals surface area (Å²) in [5.74, 6) is 0.592. The Kier molecular flexibility index (Phi) is 4.15. The minimum Gasteiger partial charge on any atom is -0.298 e. The molecule has 0 amide bonds. The minimum atomic E-state index is -3.87. The Morgan fingerprint density at radius 1 is 1.25 bits per heavy atom. The maximum atomic E-state index is 11.5. The third-order valence-electron chi connectivity index (χ3n) is 2.84. The highest BCUT2D eigenvalue weighted by molar-refractivity contribution is 7.89. The highest BCUT2D eigenvalue weighted by atomic mass is 32.2. The predicted molar refractivity (Wildman–Crippen MR) is 73.4 cm³/mol. The van der Waals surface area contributed by atoms with E-state index in [9.17, 15) is 8.42 Å². The van der Waals surface area contributed by atoms with Crippen molar-refractivity contribution in [3.8, 4) is 0 Å². The van der Waals surface area contributed by atoms with Crippen molar-refractivity contribution < 1.29 is 8.42 Å². The quantitative estimate of drug-likeness (QED) is 0.873. The molecule has 0 fully saturated rings. The van der Waals surface area contributed by atoms with Gasteiger partial charge >= 0.3 is 0 Å². The summed E-state index contributed by atoms with van der Waals surface area (Å²) < 4.78 is 24.5. The van der Waals surface area contributed by atoms with Gasteiger partial charge in [-0.1, -0.05) is 6.07 Å². The van der Waals surface area contributed by atoms with Gasteiger partial charge in [0.25, 0.3) is 15.2 Å². The van der Waals surface area contributed by atoms with Crippen LogP contribution in [0.5, 0.6) is 0 Å². The Balaban J connectivity index is 2.27. The van der Waals surface area contributed by atoms with Gasteiger partial charge in [0.2, 0.25) is 0 Å². The largest absolute Gasteiger partial charge is 0.298 e. The summed E-state index contributed by atoms with van der Waals surface area (Å²) in [6.07, 6.45) is 2.94. The molecular formula is C12H17N5O2S. The van der Waals surface area contributed by atoms with Crippen LogP contribution in [0.3, 0.4) is 0 Å². The normalized spacial score (nSPS) is 12.0. The highest BCUT2D eigenvalue weighted by Gasteiger charge is 2.22. The third-order valence-corrected chi connectivity index (χ3v) is 3.62. The van der Waals surface area contributed by atoms with Crippen LogP contribution in [0.25, 0.3) is 0 Å². The van der Waals surface area contributed by atoms with Crippen molar-refractivity contribution in [2.45, 2.75) is 37.9 Å². The zero-order valence-electron chi connectivity index (χ0n) is 11.4. The summed E-state index contributed by atoms with van der Waals surface area (Å²) in [5, 5.41) is 12.6. The molecule has 0 spiro atoms. The Bertz CT molecular complexity index is 679. The van der Waals surface area contributed by atoms with Gasteiger partial charge in [0, 0.05) is 24.4 Å². The molecule has 8 heteroatoms. The molecule has 0 aliphatic carbocycles. The Morgan fingerprint density at radius 2 is 2.00 bits per heavy atom. The molecule has 0 aliphatic heterocycles. The molecule has 2 heterocycles. The van der Waals surface area contributed by atoms with Crippen molar-refractivity contribution in [2.75, 3.05) is 0 Å². The number of aryl methyl sites for hydroxylation is 2. The molecule has 108 valence electrons. The van der Waals surface area contributed by atoms with E-state index < -0.39 is 10.0 Å². The Morgan fingerprint density at radius 3 is 2.55 bits per heavy atom. The maximum absolute atomic E-state index is 11.5. The number of primary sulfonamides is 1. The van der Waals surface area contributed by atoms with Crippen LogP contribution in [0.2, 0.25) is 0 Å². The zero-order chi connectivity index (χ0) is 14.8. The van der Waals surface area contributed by atoms with Crippen LogP contribution < -0.4 is 5.14 Å². The maximum Gasteiger partial charge on any atom is 0.273 e. The van der Waals surface area contributed by atoms with Crippen LogP contribution in [0.4, 0.5) is 0 Å². The van der Waals surface area contributed by atoms with Crippen molar-refractivity contribution in [2.24, 2.45) is 5.14 Å². The molecule has 0 aliphatic rings. The lowest BCUT2D eigenvalue weighted by Crippen LogP contribution is -2.20. The summed E-state index contributed by atoms with van der Waals surface area (Å²) in [4.78, 5) is 4.22. The van der Waals surface area contributed by atoms with Crippen LogP contribution in [-0.2, 0) is 22.9 Å². The molecule has 20 heavy (non-hydrogen) atoms. The number of nitrogens with zero attached hydrogens (tertiary/aromatic N) is 4. The van der Waals surface area contributed by atoms with Gasteiger partial charge in [-0.2, -0.15) is 0 Å². The average molecular weight is 295 g/mol. The number of hydrogen-bond donors (Lipinski definition) is 1. The number of hydrogen-bond acceptors (Lipinski definition) is 5. The van der Waals surface area contributed by atoms with Gasteiger partial charge in [0.1, 0.15) is 5.82 Å². The SMILES string of the molecule is CC(C)n1c(CCc2ccccn2)nnc1S(N)(=O)=O. The number of nitrogens with two attached hydrogens (primary N) is 1. The van der Waals surface area contributed by atoms with E-state index in [0.29, 0.717) is 18.7 Å². The summed E-state index contributed by atoms with van der Waals surface area (Å²) in [7, 11) is -3.87. The lowest BCUT2D eigenvalue weighted by molar-refractivity contribution is 0.503. The Hall–Kier alpha value is -1.80. The summed E-state index contributed by atoms with van der Waals surface area (Å²) >= 11 is 0. The van der Waals surface area contributed by atoms with Gasteiger partial charge in [0.15, 0.2) is 0 Å². The van der Waals surface area contributed by atoms with Crippen molar-refractivity contribution in [1.82, 2.24) is 19.7 Å². The smallest absolute Gasteiger partial charge is 0.273 e. The summed E-state index contributed by atoms with van der Waals surface area (Å²) in [6.45, 7) is 3.73. The molecule has 2 N–H and O–H groups in total. The van der Waals surface area contributed by atoms with Crippen molar-refractivity contribution in [3.63, 3.8) is 0 Å². The van der Waals surface area contributed by atoms with Crippen LogP contribution >= 0.6 is 0 Å². The summed E-state index contributed by atoms with van der Waals surface area (Å²) in [5.41, 5.74) is 0.919. The van der Waals surface area contributed by atoms with Crippen LogP contribution in [0.1, 0.15) is 31.4 Å². The molecular weight excluding hydrogens is 278 g/mol. The molecule has 0 aromatic carbocycles. The van der Waals surface area contributed by atoms with Gasteiger partial charge in [-0.05, 0) is 32.4 Å². The fourth-order valence-electron chi connectivity index (χ4n) is 1.98. The van der Waals surface area contributed by atoms with E-state index in [1.165, 1.54) is 0 Å². The minimum absolute atomic E-state index is 0.0861. The number of sulfonamides is 1. The second-order valence-electron chi connectivity index (χ2n) is 4.73. The van der Waals surface area contributed by atoms with Crippen molar-refractivity contribution in [3.05, 3.63) is 35.9 Å². The molecule has 2 aromatic heterocycles. The third kappa shape index (κ3) is 3.20. The van der Waals surface area contributed by atoms with Crippen molar-refractivity contribution >= 4 is 10.0 Å². The molecule has 7 nitrogen and oxygen atoms in total. The van der Waals surface area contributed by atoms with E-state index in [-0.39, 0.29) is 11.2 Å². The molecule has 0 saturated heterocycles. The molecule has 2 rings (SSSR count). The van der Waals surface area contributed by atoms with Gasteiger partial charge < -0.3 is 0 Å². The highest BCUT2D eigenvalue weighted by Crippen LogP contribution is 2.16. The predicted octanol–water partition coefficient (Wildman–Crippen LogP) is 0.687. The molecule has 2 aromatic rings. The van der Waals surface area contributed by atoms with Gasteiger partial charge in [-0.25, -0.2) is 13.6 Å². The molecule has 0 saturated carbocycles. The fraction of sp³-hybridized carbons (Fsp3) is 0.417. The van der Waals surface area contributed by atoms with E-state index >= 15 is 0 Å². The summed E-state index contributed by atoms with van der Waals surface area (Å²) in [6, 6.07) is 5.58. The lowest BCUT2D eigenvalue weighted by Gasteiger charge is -2.12. The topological polar surface area (TPSA) is 104 Å². The first-order valence-electron chi connectivity index (χ1n) is 6.26. The molecule has 0 atom stereocenters. The number of aromatic nitrogens is 4. The van der Waals surface area contributed by atoms with E-state index in [1.54, 1.807) is 10.8 Å². The second kappa shape index (κ2) is 5.68. The number of rotatable bonds is 5. The first-order chi connectivity index (χ1) is 9.39. The lowest BCUT2D eigenvalue weighted by atomic mass is 10.2. The first-order valence-corrected chi connectivity index (χ1v) is 7.80. The number of pyridine rings is 1. The van der Waals surface area contributed by atoms with Gasteiger partial charge in [-0.3, -0.25) is 9.55 Å². The van der Waals surface area contributed by atoms with Crippen molar-refractivity contribution in [1.29, 1.82) is 0 Å². The zero-order valence-corrected chi connectivity index (χ0v) is 12.2. The van der Waals surface area contributed by atoms with Crippen LogP contribution in [-0.4, -0.2) is 28.2 Å². The molecule has 0 radical (unpaired) electrons. The monoisotopic (exact) mass is 295 g/mol. The van der Waals surface area contributed by atoms with Gasteiger partial charge in [0.05, 0.1) is 0 Å². The van der Waals surface area contributed by atoms with Gasteiger partial charge in [-0.15, -0.1) is 10.2 Å². The molecule has 0 unspecified atom stereocenters. The second-order valence-corrected chi connectivity index (χ2v) is 6.18. The van der Waals surface area contributed by atoms with Crippen LogP contribution in [0, 0.1) is 0 Å². The fourth-order valence-corrected chi connectivity index (χ4v) is 2.72. The van der Waals surface area contributed by atoms with E-state index in [1.807, 2.05) is 32.0 Å². The van der Waals surface area contributed by atoms with E-state index in [2.05, 4.69) is 15.2 Å². The molecule has 0 bridgehead atoms. The Labute approximate surface area is 117 Å². The standard InChI is InChI=1S/C12H17N5O2S/c1-9(2)17-11(15-16-12(17)20(13,18)19)7-6-10-5-3-4-8-14-10/h3-5,8-9H,6-7H2,1-2H3,(H2,13,18,19). The van der Waals surface area contributed by atoms with E-state index in [0.717, 1.165) is 5.69 Å². The first kappa shape index (κ1) is 14.6. The van der Waals surface area contributed by atoms with Crippen LogP contribution in [0.15, 0.2) is 29.6 Å². The van der Waals surface area contributed by atoms with E-state index in [4.69, 9.17) is 5.14 Å².